The molecule has 0 bridgehead atoms. The number of morpholine rings is 1. The minimum atomic E-state index is 0.300. The van der Waals surface area contributed by atoms with Crippen molar-refractivity contribution in [2.45, 2.75) is 38.1 Å². The number of piperidine rings is 1. The molecule has 2 aliphatic heterocycles. The zero-order valence-corrected chi connectivity index (χ0v) is 15.3. The number of hydrogen-bond donors (Lipinski definition) is 0. The standard InChI is InChI=1S/C20H30N2O3/c1-24-19-8-5-17(6-9-19)7-10-20(23)22-11-3-2-4-18(22)16-21-12-14-25-15-13-21/h5-6,8-9,18H,2-4,7,10-16H2,1H3/t18-/m1/s1. The van der Waals surface area contributed by atoms with Crippen molar-refractivity contribution in [1.82, 2.24) is 9.80 Å². The third-order valence-electron chi connectivity index (χ3n) is 5.31. The Hall–Kier alpha value is -1.59. The van der Waals surface area contributed by atoms with Crippen LogP contribution in [0, 0.1) is 0 Å². The summed E-state index contributed by atoms with van der Waals surface area (Å²) in [6.45, 7) is 5.53. The van der Waals surface area contributed by atoms with Gasteiger partial charge in [0.15, 0.2) is 0 Å². The van der Waals surface area contributed by atoms with Crippen LogP contribution in [0.2, 0.25) is 0 Å². The average Bonchev–Trinajstić information content (AvgIpc) is 2.68. The monoisotopic (exact) mass is 346 g/mol. The second-order valence-electron chi connectivity index (χ2n) is 7.00. The van der Waals surface area contributed by atoms with Crippen LogP contribution in [-0.2, 0) is 16.0 Å². The molecule has 138 valence electrons. The molecule has 1 aromatic rings. The van der Waals surface area contributed by atoms with Crippen LogP contribution in [0.5, 0.6) is 5.75 Å². The van der Waals surface area contributed by atoms with E-state index in [1.54, 1.807) is 7.11 Å². The van der Waals surface area contributed by atoms with Crippen molar-refractivity contribution in [3.05, 3.63) is 29.8 Å². The van der Waals surface area contributed by atoms with E-state index < -0.39 is 0 Å². The predicted molar refractivity (Wildman–Crippen MR) is 97.9 cm³/mol. The summed E-state index contributed by atoms with van der Waals surface area (Å²) in [5, 5.41) is 0. The molecule has 0 radical (unpaired) electrons. The number of carbonyl (C=O) groups is 1. The molecule has 2 heterocycles. The first-order valence-corrected chi connectivity index (χ1v) is 9.49. The number of aryl methyl sites for hydroxylation is 1. The summed E-state index contributed by atoms with van der Waals surface area (Å²) in [5.74, 6) is 1.16. The van der Waals surface area contributed by atoms with E-state index in [1.165, 1.54) is 12.0 Å². The summed E-state index contributed by atoms with van der Waals surface area (Å²) in [6, 6.07) is 8.39. The van der Waals surface area contributed by atoms with Crippen LogP contribution in [-0.4, -0.2) is 68.3 Å². The zero-order chi connectivity index (χ0) is 17.5. The van der Waals surface area contributed by atoms with E-state index in [0.717, 1.165) is 64.4 Å². The topological polar surface area (TPSA) is 42.0 Å². The highest BCUT2D eigenvalue weighted by atomic mass is 16.5. The van der Waals surface area contributed by atoms with Crippen LogP contribution >= 0.6 is 0 Å². The second-order valence-corrected chi connectivity index (χ2v) is 7.00. The lowest BCUT2D eigenvalue weighted by atomic mass is 10.00. The molecule has 1 aromatic carbocycles. The molecule has 0 unspecified atom stereocenters. The highest BCUT2D eigenvalue weighted by Crippen LogP contribution is 2.20. The molecule has 0 saturated carbocycles. The highest BCUT2D eigenvalue weighted by Gasteiger charge is 2.28. The largest absolute Gasteiger partial charge is 0.497 e. The van der Waals surface area contributed by atoms with Gasteiger partial charge in [0, 0.05) is 38.6 Å². The molecule has 5 nitrogen and oxygen atoms in total. The molecule has 25 heavy (non-hydrogen) atoms. The fourth-order valence-electron chi connectivity index (χ4n) is 3.79. The number of amides is 1. The number of methoxy groups -OCH3 is 1. The van der Waals surface area contributed by atoms with E-state index >= 15 is 0 Å². The van der Waals surface area contributed by atoms with Gasteiger partial charge in [0.05, 0.1) is 20.3 Å². The Morgan fingerprint density at radius 2 is 1.92 bits per heavy atom. The lowest BCUT2D eigenvalue weighted by molar-refractivity contribution is -0.135. The number of benzene rings is 1. The van der Waals surface area contributed by atoms with Gasteiger partial charge in [-0.3, -0.25) is 9.69 Å². The first-order valence-electron chi connectivity index (χ1n) is 9.49. The van der Waals surface area contributed by atoms with E-state index in [0.29, 0.717) is 18.4 Å². The maximum absolute atomic E-state index is 12.8. The van der Waals surface area contributed by atoms with Crippen molar-refractivity contribution in [3.8, 4) is 5.75 Å². The predicted octanol–water partition coefficient (Wildman–Crippen LogP) is 2.34. The lowest BCUT2D eigenvalue weighted by Crippen LogP contribution is -2.51. The minimum Gasteiger partial charge on any atom is -0.497 e. The molecule has 3 rings (SSSR count). The highest BCUT2D eigenvalue weighted by molar-refractivity contribution is 5.77. The van der Waals surface area contributed by atoms with Crippen molar-refractivity contribution < 1.29 is 14.3 Å². The van der Waals surface area contributed by atoms with E-state index in [-0.39, 0.29) is 0 Å². The van der Waals surface area contributed by atoms with Gasteiger partial charge in [0.1, 0.15) is 5.75 Å². The van der Waals surface area contributed by atoms with Gasteiger partial charge in [-0.1, -0.05) is 12.1 Å². The van der Waals surface area contributed by atoms with Gasteiger partial charge in [-0.25, -0.2) is 0 Å². The summed E-state index contributed by atoms with van der Waals surface area (Å²) in [7, 11) is 1.67. The maximum Gasteiger partial charge on any atom is 0.223 e. The van der Waals surface area contributed by atoms with Crippen molar-refractivity contribution in [2.24, 2.45) is 0 Å². The normalized spacial score (nSPS) is 22.0. The van der Waals surface area contributed by atoms with Gasteiger partial charge in [0.2, 0.25) is 5.91 Å². The molecule has 0 aliphatic carbocycles. The Balaban J connectivity index is 1.52. The molecule has 0 spiro atoms. The molecular formula is C20H30N2O3. The number of ether oxygens (including phenoxy) is 2. The first-order chi connectivity index (χ1) is 12.3. The Morgan fingerprint density at radius 3 is 2.64 bits per heavy atom. The van der Waals surface area contributed by atoms with Crippen LogP contribution in [0.15, 0.2) is 24.3 Å². The molecule has 0 aromatic heterocycles. The summed E-state index contributed by atoms with van der Waals surface area (Å²) >= 11 is 0. The summed E-state index contributed by atoms with van der Waals surface area (Å²) in [4.78, 5) is 17.4. The summed E-state index contributed by atoms with van der Waals surface area (Å²) in [5.41, 5.74) is 1.19. The molecule has 5 heteroatoms. The molecule has 2 fully saturated rings. The fraction of sp³-hybridized carbons (Fsp3) is 0.650. The van der Waals surface area contributed by atoms with Crippen LogP contribution in [0.4, 0.5) is 0 Å². The summed E-state index contributed by atoms with van der Waals surface area (Å²) < 4.78 is 10.6. The SMILES string of the molecule is COc1ccc(CCC(=O)N2CCCC[C@@H]2CN2CCOCC2)cc1. The van der Waals surface area contributed by atoms with Crippen molar-refractivity contribution in [1.29, 1.82) is 0 Å². The molecular weight excluding hydrogens is 316 g/mol. The van der Waals surface area contributed by atoms with Gasteiger partial charge in [-0.15, -0.1) is 0 Å². The van der Waals surface area contributed by atoms with Gasteiger partial charge < -0.3 is 14.4 Å². The van der Waals surface area contributed by atoms with Crippen molar-refractivity contribution >= 4 is 5.91 Å². The molecule has 1 amide bonds. The van der Waals surface area contributed by atoms with Crippen LogP contribution in [0.3, 0.4) is 0 Å². The molecule has 2 aliphatic rings. The zero-order valence-electron chi connectivity index (χ0n) is 15.3. The lowest BCUT2D eigenvalue weighted by Gasteiger charge is -2.39. The Morgan fingerprint density at radius 1 is 1.16 bits per heavy atom. The number of nitrogens with zero attached hydrogens (tertiary/aromatic N) is 2. The molecule has 0 N–H and O–H groups in total. The van der Waals surface area contributed by atoms with E-state index in [2.05, 4.69) is 9.80 Å². The van der Waals surface area contributed by atoms with Gasteiger partial charge in [0.25, 0.3) is 0 Å². The fourth-order valence-corrected chi connectivity index (χ4v) is 3.79. The number of rotatable bonds is 6. The third-order valence-corrected chi connectivity index (χ3v) is 5.31. The Bertz CT molecular complexity index is 540. The van der Waals surface area contributed by atoms with Gasteiger partial charge in [-0.05, 0) is 43.4 Å². The Kier molecular flexibility index (Phi) is 6.70. The van der Waals surface area contributed by atoms with Crippen molar-refractivity contribution in [3.63, 3.8) is 0 Å². The van der Waals surface area contributed by atoms with Crippen LogP contribution in [0.25, 0.3) is 0 Å². The van der Waals surface area contributed by atoms with Gasteiger partial charge in [-0.2, -0.15) is 0 Å². The number of likely N-dealkylation sites (tertiary alicyclic amines) is 1. The second kappa shape index (κ2) is 9.20. The molecule has 1 atom stereocenters. The van der Waals surface area contributed by atoms with Gasteiger partial charge >= 0.3 is 0 Å². The van der Waals surface area contributed by atoms with E-state index in [9.17, 15) is 4.79 Å². The van der Waals surface area contributed by atoms with Crippen LogP contribution < -0.4 is 4.74 Å². The quantitative estimate of drug-likeness (QED) is 0.793. The third kappa shape index (κ3) is 5.19. The van der Waals surface area contributed by atoms with Crippen LogP contribution in [0.1, 0.15) is 31.2 Å². The van der Waals surface area contributed by atoms with E-state index in [4.69, 9.17) is 9.47 Å². The number of carbonyl (C=O) groups excluding carboxylic acids is 1. The molecule has 2 saturated heterocycles. The first kappa shape index (κ1) is 18.2. The van der Waals surface area contributed by atoms with E-state index in [1.807, 2.05) is 24.3 Å². The Labute approximate surface area is 150 Å². The van der Waals surface area contributed by atoms with Crippen molar-refractivity contribution in [2.75, 3.05) is 46.5 Å². The smallest absolute Gasteiger partial charge is 0.223 e. The number of hydrogen-bond acceptors (Lipinski definition) is 4. The minimum absolute atomic E-state index is 0.300. The average molecular weight is 346 g/mol. The summed E-state index contributed by atoms with van der Waals surface area (Å²) in [6.07, 6.45) is 4.88. The maximum atomic E-state index is 12.8.